The van der Waals surface area contributed by atoms with Crippen LogP contribution in [0.4, 0.5) is 5.69 Å². The molecule has 0 radical (unpaired) electrons. The smallest absolute Gasteiger partial charge is 0.266 e. The minimum atomic E-state index is -0.423. The molecule has 0 saturated carbocycles. The molecule has 6 heteroatoms. The van der Waals surface area contributed by atoms with Gasteiger partial charge in [0, 0.05) is 30.2 Å². The number of nitriles is 1. The predicted molar refractivity (Wildman–Crippen MR) is 114 cm³/mol. The number of hydrogen-bond donors (Lipinski definition) is 1. The van der Waals surface area contributed by atoms with Crippen LogP contribution in [0.5, 0.6) is 0 Å². The summed E-state index contributed by atoms with van der Waals surface area (Å²) in [6.07, 6.45) is 4.06. The quantitative estimate of drug-likeness (QED) is 0.612. The zero-order chi connectivity index (χ0) is 21.1. The fraction of sp³-hybridized carbons (Fsp3) is 0.435. The highest BCUT2D eigenvalue weighted by Crippen LogP contribution is 2.23. The van der Waals surface area contributed by atoms with Crippen LogP contribution in [-0.2, 0) is 16.1 Å². The van der Waals surface area contributed by atoms with Gasteiger partial charge in [0.1, 0.15) is 11.6 Å². The zero-order valence-corrected chi connectivity index (χ0v) is 17.8. The first-order valence-electron chi connectivity index (χ1n) is 9.96. The number of nitrogens with zero attached hydrogens (tertiary/aromatic N) is 3. The SMILES string of the molecule is Cc1cc(C)c(NC(=O)/C(C#N)=C\c2cc(C)n(CC3CCCO3)c2C)c(C)n1. The van der Waals surface area contributed by atoms with Gasteiger partial charge in [-0.3, -0.25) is 9.78 Å². The van der Waals surface area contributed by atoms with E-state index in [4.69, 9.17) is 4.74 Å². The molecule has 1 fully saturated rings. The minimum Gasteiger partial charge on any atom is -0.376 e. The number of carbonyl (C=O) groups is 1. The van der Waals surface area contributed by atoms with Crippen LogP contribution in [0.3, 0.4) is 0 Å². The molecule has 2 aromatic heterocycles. The van der Waals surface area contributed by atoms with Crippen LogP contribution in [0.2, 0.25) is 0 Å². The van der Waals surface area contributed by atoms with E-state index >= 15 is 0 Å². The molecule has 1 saturated heterocycles. The van der Waals surface area contributed by atoms with Crippen molar-refractivity contribution in [1.82, 2.24) is 9.55 Å². The highest BCUT2D eigenvalue weighted by atomic mass is 16.5. The number of hydrogen-bond acceptors (Lipinski definition) is 4. The Hall–Kier alpha value is -2.91. The van der Waals surface area contributed by atoms with Crippen molar-refractivity contribution in [1.29, 1.82) is 5.26 Å². The molecule has 1 atom stereocenters. The van der Waals surface area contributed by atoms with Crippen molar-refractivity contribution < 1.29 is 9.53 Å². The van der Waals surface area contributed by atoms with Gasteiger partial charge in [-0.25, -0.2) is 0 Å². The summed E-state index contributed by atoms with van der Waals surface area (Å²) in [4.78, 5) is 17.2. The summed E-state index contributed by atoms with van der Waals surface area (Å²) in [6, 6.07) is 5.97. The molecule has 1 aliphatic heterocycles. The number of nitrogens with one attached hydrogen (secondary N) is 1. The lowest BCUT2D eigenvalue weighted by atomic mass is 10.1. The average Bonchev–Trinajstić information content (AvgIpc) is 3.26. The number of carbonyl (C=O) groups excluding carboxylic acids is 1. The molecule has 1 aliphatic rings. The van der Waals surface area contributed by atoms with Crippen LogP contribution >= 0.6 is 0 Å². The minimum absolute atomic E-state index is 0.0711. The van der Waals surface area contributed by atoms with Gasteiger partial charge in [0.25, 0.3) is 5.91 Å². The fourth-order valence-corrected chi connectivity index (χ4v) is 3.94. The van der Waals surface area contributed by atoms with E-state index in [0.29, 0.717) is 5.69 Å². The molecular formula is C23H28N4O2. The van der Waals surface area contributed by atoms with E-state index in [-0.39, 0.29) is 11.7 Å². The summed E-state index contributed by atoms with van der Waals surface area (Å²) in [5, 5.41) is 12.5. The van der Waals surface area contributed by atoms with Gasteiger partial charge in [0.05, 0.1) is 17.5 Å². The Bertz CT molecular complexity index is 982. The summed E-state index contributed by atoms with van der Waals surface area (Å²) >= 11 is 0. The van der Waals surface area contributed by atoms with Crippen LogP contribution in [0, 0.1) is 45.9 Å². The molecule has 0 aliphatic carbocycles. The van der Waals surface area contributed by atoms with Gasteiger partial charge < -0.3 is 14.6 Å². The zero-order valence-electron chi connectivity index (χ0n) is 17.8. The lowest BCUT2D eigenvalue weighted by molar-refractivity contribution is -0.112. The Morgan fingerprint density at radius 3 is 2.72 bits per heavy atom. The van der Waals surface area contributed by atoms with E-state index in [1.807, 2.05) is 52.8 Å². The average molecular weight is 393 g/mol. The summed E-state index contributed by atoms with van der Waals surface area (Å²) in [5.41, 5.74) is 6.29. The maximum atomic E-state index is 12.8. The Labute approximate surface area is 172 Å². The lowest BCUT2D eigenvalue weighted by Crippen LogP contribution is -2.17. The number of ether oxygens (including phenoxy) is 1. The second kappa shape index (κ2) is 8.62. The van der Waals surface area contributed by atoms with Gasteiger partial charge in [-0.1, -0.05) is 0 Å². The third-order valence-electron chi connectivity index (χ3n) is 5.45. The van der Waals surface area contributed by atoms with Crippen molar-refractivity contribution in [3.05, 3.63) is 51.6 Å². The molecule has 1 unspecified atom stereocenters. The molecule has 29 heavy (non-hydrogen) atoms. The standard InChI is InChI=1S/C23H28N4O2/c1-14-9-15(2)25-17(4)22(14)26-23(28)20(12-24)11-19-10-16(3)27(18(19)5)13-21-7-6-8-29-21/h9-11,21H,6-8,13H2,1-5H3,(H,26,28)/b20-11-. The second-order valence-corrected chi connectivity index (χ2v) is 7.74. The molecule has 6 nitrogen and oxygen atoms in total. The van der Waals surface area contributed by atoms with Gasteiger partial charge in [-0.2, -0.15) is 5.26 Å². The molecule has 3 heterocycles. The Morgan fingerprint density at radius 2 is 2.10 bits per heavy atom. The topological polar surface area (TPSA) is 79.9 Å². The highest BCUT2D eigenvalue weighted by molar-refractivity contribution is 6.10. The summed E-state index contributed by atoms with van der Waals surface area (Å²) in [7, 11) is 0. The number of aromatic nitrogens is 2. The van der Waals surface area contributed by atoms with E-state index in [9.17, 15) is 10.1 Å². The van der Waals surface area contributed by atoms with E-state index in [1.165, 1.54) is 0 Å². The molecule has 0 aromatic carbocycles. The largest absolute Gasteiger partial charge is 0.376 e. The molecule has 1 amide bonds. The maximum Gasteiger partial charge on any atom is 0.266 e. The number of pyridine rings is 1. The summed E-state index contributed by atoms with van der Waals surface area (Å²) < 4.78 is 7.96. The molecule has 1 N–H and O–H groups in total. The molecular weight excluding hydrogens is 364 g/mol. The fourth-order valence-electron chi connectivity index (χ4n) is 3.94. The van der Waals surface area contributed by atoms with Gasteiger partial charge in [-0.05, 0) is 76.8 Å². The van der Waals surface area contributed by atoms with Crippen molar-refractivity contribution in [3.63, 3.8) is 0 Å². The second-order valence-electron chi connectivity index (χ2n) is 7.74. The Kier molecular flexibility index (Phi) is 6.19. The summed E-state index contributed by atoms with van der Waals surface area (Å²) in [6.45, 7) is 11.4. The van der Waals surface area contributed by atoms with E-state index < -0.39 is 5.91 Å². The van der Waals surface area contributed by atoms with Gasteiger partial charge >= 0.3 is 0 Å². The monoisotopic (exact) mass is 392 g/mol. The molecule has 2 aromatic rings. The van der Waals surface area contributed by atoms with Gasteiger partial charge in [0.2, 0.25) is 0 Å². The Balaban J connectivity index is 1.84. The number of anilines is 1. The van der Waals surface area contributed by atoms with Crippen LogP contribution in [0.15, 0.2) is 17.7 Å². The first-order valence-corrected chi connectivity index (χ1v) is 9.96. The van der Waals surface area contributed by atoms with Crippen molar-refractivity contribution in [2.45, 2.75) is 60.1 Å². The van der Waals surface area contributed by atoms with Crippen molar-refractivity contribution in [3.8, 4) is 6.07 Å². The van der Waals surface area contributed by atoms with Crippen LogP contribution in [0.25, 0.3) is 6.08 Å². The number of aryl methyl sites for hydroxylation is 4. The van der Waals surface area contributed by atoms with Crippen LogP contribution in [-0.4, -0.2) is 28.2 Å². The lowest BCUT2D eigenvalue weighted by Gasteiger charge is -2.14. The third-order valence-corrected chi connectivity index (χ3v) is 5.45. The van der Waals surface area contributed by atoms with E-state index in [1.54, 1.807) is 6.08 Å². The van der Waals surface area contributed by atoms with Crippen molar-refractivity contribution in [2.24, 2.45) is 0 Å². The van der Waals surface area contributed by atoms with Crippen LogP contribution < -0.4 is 5.32 Å². The number of rotatable bonds is 5. The first kappa shape index (κ1) is 20.8. The molecule has 0 bridgehead atoms. The Morgan fingerprint density at radius 1 is 1.34 bits per heavy atom. The summed E-state index contributed by atoms with van der Waals surface area (Å²) in [5.74, 6) is -0.423. The van der Waals surface area contributed by atoms with E-state index in [0.717, 1.165) is 59.9 Å². The van der Waals surface area contributed by atoms with Crippen molar-refractivity contribution >= 4 is 17.7 Å². The highest BCUT2D eigenvalue weighted by Gasteiger charge is 2.19. The van der Waals surface area contributed by atoms with E-state index in [2.05, 4.69) is 14.9 Å². The van der Waals surface area contributed by atoms with Gasteiger partial charge in [-0.15, -0.1) is 0 Å². The molecule has 152 valence electrons. The maximum absolute atomic E-state index is 12.8. The van der Waals surface area contributed by atoms with Gasteiger partial charge in [0.15, 0.2) is 0 Å². The molecule has 0 spiro atoms. The van der Waals surface area contributed by atoms with Crippen molar-refractivity contribution in [2.75, 3.05) is 11.9 Å². The third kappa shape index (κ3) is 4.57. The predicted octanol–water partition coefficient (Wildman–Crippen LogP) is 4.15. The first-order chi connectivity index (χ1) is 13.8. The van der Waals surface area contributed by atoms with Crippen LogP contribution in [0.1, 0.15) is 46.7 Å². The number of amides is 1. The normalized spacial score (nSPS) is 16.7. The molecule has 3 rings (SSSR count).